The fourth-order valence-electron chi connectivity index (χ4n) is 5.01. The van der Waals surface area contributed by atoms with Crippen molar-refractivity contribution in [2.75, 3.05) is 0 Å². The standard InChI is InChI=1S/C18H22O/c19-18(7-6-13-4-2-1-3-5-13)16-9-14-8-15(11-16)12-17(18)10-14/h1-7,14-17,19H,8-12H2/b7-6-. The van der Waals surface area contributed by atoms with Gasteiger partial charge < -0.3 is 5.11 Å². The third-order valence-electron chi connectivity index (χ3n) is 5.79. The maximum Gasteiger partial charge on any atom is 0.0887 e. The highest BCUT2D eigenvalue weighted by molar-refractivity contribution is 5.50. The molecule has 4 bridgehead atoms. The second kappa shape index (κ2) is 4.21. The minimum atomic E-state index is -0.525. The number of hydrogen-bond acceptors (Lipinski definition) is 1. The third-order valence-corrected chi connectivity index (χ3v) is 5.79. The summed E-state index contributed by atoms with van der Waals surface area (Å²) in [5.74, 6) is 2.85. The summed E-state index contributed by atoms with van der Waals surface area (Å²) in [4.78, 5) is 0. The summed E-state index contributed by atoms with van der Waals surface area (Å²) >= 11 is 0. The molecule has 4 aliphatic carbocycles. The number of rotatable bonds is 2. The van der Waals surface area contributed by atoms with Crippen molar-refractivity contribution < 1.29 is 5.11 Å². The molecule has 100 valence electrons. The fraction of sp³-hybridized carbons (Fsp3) is 0.556. The Balaban J connectivity index is 1.61. The Bertz CT molecular complexity index is 460. The van der Waals surface area contributed by atoms with Crippen LogP contribution in [0.15, 0.2) is 36.4 Å². The Morgan fingerprint density at radius 2 is 1.47 bits per heavy atom. The molecular formula is C18H22O. The molecule has 0 unspecified atom stereocenters. The first-order chi connectivity index (χ1) is 9.24. The summed E-state index contributed by atoms with van der Waals surface area (Å²) in [5.41, 5.74) is 0.674. The van der Waals surface area contributed by atoms with Crippen LogP contribution in [0.3, 0.4) is 0 Å². The summed E-state index contributed by atoms with van der Waals surface area (Å²) in [6, 6.07) is 10.4. The van der Waals surface area contributed by atoms with Crippen LogP contribution < -0.4 is 0 Å². The molecule has 19 heavy (non-hydrogen) atoms. The van der Waals surface area contributed by atoms with Gasteiger partial charge in [0.1, 0.15) is 0 Å². The van der Waals surface area contributed by atoms with E-state index < -0.39 is 5.60 Å². The molecule has 1 heteroatoms. The number of benzene rings is 1. The molecule has 0 amide bonds. The quantitative estimate of drug-likeness (QED) is 0.849. The Hall–Kier alpha value is -1.08. The zero-order valence-electron chi connectivity index (χ0n) is 11.3. The van der Waals surface area contributed by atoms with E-state index in [0.29, 0.717) is 11.8 Å². The van der Waals surface area contributed by atoms with Gasteiger partial charge in [0.25, 0.3) is 0 Å². The van der Waals surface area contributed by atoms with E-state index in [9.17, 15) is 5.11 Å². The van der Waals surface area contributed by atoms with Crippen molar-refractivity contribution in [3.8, 4) is 0 Å². The molecule has 0 heterocycles. The molecule has 1 aromatic rings. The average molecular weight is 254 g/mol. The zero-order valence-corrected chi connectivity index (χ0v) is 11.3. The van der Waals surface area contributed by atoms with Crippen molar-refractivity contribution in [3.63, 3.8) is 0 Å². The molecule has 4 saturated carbocycles. The van der Waals surface area contributed by atoms with E-state index in [4.69, 9.17) is 0 Å². The molecule has 0 spiro atoms. The minimum Gasteiger partial charge on any atom is -0.385 e. The molecule has 1 nitrogen and oxygen atoms in total. The molecule has 0 saturated heterocycles. The predicted molar refractivity (Wildman–Crippen MR) is 77.5 cm³/mol. The van der Waals surface area contributed by atoms with Crippen molar-refractivity contribution in [3.05, 3.63) is 42.0 Å². The van der Waals surface area contributed by atoms with Gasteiger partial charge in [0.2, 0.25) is 0 Å². The van der Waals surface area contributed by atoms with Gasteiger partial charge in [0.05, 0.1) is 5.60 Å². The van der Waals surface area contributed by atoms with E-state index in [1.807, 2.05) is 6.07 Å². The molecule has 5 rings (SSSR count). The Morgan fingerprint density at radius 3 is 2.05 bits per heavy atom. The van der Waals surface area contributed by atoms with E-state index in [1.54, 1.807) is 0 Å². The van der Waals surface area contributed by atoms with Gasteiger partial charge in [-0.1, -0.05) is 42.5 Å². The number of hydrogen-bond donors (Lipinski definition) is 1. The zero-order chi connectivity index (χ0) is 12.9. The van der Waals surface area contributed by atoms with Crippen LogP contribution >= 0.6 is 0 Å². The molecular weight excluding hydrogens is 232 g/mol. The average Bonchev–Trinajstić information content (AvgIpc) is 2.43. The maximum atomic E-state index is 11.2. The minimum absolute atomic E-state index is 0.517. The smallest absolute Gasteiger partial charge is 0.0887 e. The van der Waals surface area contributed by atoms with Crippen molar-refractivity contribution >= 4 is 6.08 Å². The van der Waals surface area contributed by atoms with Gasteiger partial charge >= 0.3 is 0 Å². The van der Waals surface area contributed by atoms with Gasteiger partial charge in [-0.05, 0) is 61.3 Å². The van der Waals surface area contributed by atoms with Crippen molar-refractivity contribution in [2.45, 2.75) is 37.7 Å². The summed E-state index contributed by atoms with van der Waals surface area (Å²) in [6.07, 6.45) is 10.7. The molecule has 1 N–H and O–H groups in total. The summed E-state index contributed by atoms with van der Waals surface area (Å²) < 4.78 is 0. The van der Waals surface area contributed by atoms with Crippen molar-refractivity contribution in [1.29, 1.82) is 0 Å². The topological polar surface area (TPSA) is 20.2 Å². The first-order valence-corrected chi connectivity index (χ1v) is 7.70. The third kappa shape index (κ3) is 1.87. The van der Waals surface area contributed by atoms with E-state index in [2.05, 4.69) is 36.4 Å². The van der Waals surface area contributed by atoms with Crippen molar-refractivity contribution in [2.24, 2.45) is 23.7 Å². The molecule has 4 fully saturated rings. The highest BCUT2D eigenvalue weighted by atomic mass is 16.3. The van der Waals surface area contributed by atoms with Gasteiger partial charge in [-0.3, -0.25) is 0 Å². The molecule has 4 aliphatic rings. The van der Waals surface area contributed by atoms with Gasteiger partial charge in [-0.25, -0.2) is 0 Å². The van der Waals surface area contributed by atoms with Crippen LogP contribution in [0, 0.1) is 23.7 Å². The van der Waals surface area contributed by atoms with E-state index in [-0.39, 0.29) is 0 Å². The molecule has 0 atom stereocenters. The highest BCUT2D eigenvalue weighted by Gasteiger charge is 2.55. The normalized spacial score (nSPS) is 44.1. The summed E-state index contributed by atoms with van der Waals surface area (Å²) in [5, 5.41) is 11.2. The van der Waals surface area contributed by atoms with E-state index in [0.717, 1.165) is 11.8 Å². The molecule has 0 radical (unpaired) electrons. The van der Waals surface area contributed by atoms with Crippen LogP contribution in [0.25, 0.3) is 6.08 Å². The van der Waals surface area contributed by atoms with Gasteiger partial charge in [-0.2, -0.15) is 0 Å². The van der Waals surface area contributed by atoms with Crippen LogP contribution in [-0.4, -0.2) is 10.7 Å². The van der Waals surface area contributed by atoms with Crippen LogP contribution in [-0.2, 0) is 0 Å². The second-order valence-electron chi connectivity index (χ2n) is 6.94. The Morgan fingerprint density at radius 1 is 0.895 bits per heavy atom. The second-order valence-corrected chi connectivity index (χ2v) is 6.94. The van der Waals surface area contributed by atoms with Crippen LogP contribution in [0.1, 0.15) is 37.7 Å². The van der Waals surface area contributed by atoms with E-state index in [1.165, 1.54) is 37.7 Å². The SMILES string of the molecule is OC1(/C=C\c2ccccc2)C2CC3CC(C2)CC1C3. The Kier molecular flexibility index (Phi) is 2.60. The van der Waals surface area contributed by atoms with Crippen LogP contribution in [0.2, 0.25) is 0 Å². The van der Waals surface area contributed by atoms with Gasteiger partial charge in [0.15, 0.2) is 0 Å². The maximum absolute atomic E-state index is 11.2. The van der Waals surface area contributed by atoms with Gasteiger partial charge in [-0.15, -0.1) is 0 Å². The molecule has 0 aliphatic heterocycles. The lowest BCUT2D eigenvalue weighted by molar-refractivity contribution is -0.142. The monoisotopic (exact) mass is 254 g/mol. The molecule has 1 aromatic carbocycles. The highest BCUT2D eigenvalue weighted by Crippen LogP contribution is 2.58. The fourth-order valence-corrected chi connectivity index (χ4v) is 5.01. The lowest BCUT2D eigenvalue weighted by Crippen LogP contribution is -2.56. The van der Waals surface area contributed by atoms with Crippen LogP contribution in [0.5, 0.6) is 0 Å². The van der Waals surface area contributed by atoms with Gasteiger partial charge in [0, 0.05) is 0 Å². The lowest BCUT2D eigenvalue weighted by atomic mass is 9.50. The number of aliphatic hydroxyl groups is 1. The lowest BCUT2D eigenvalue weighted by Gasteiger charge is -2.58. The van der Waals surface area contributed by atoms with Crippen LogP contribution in [0.4, 0.5) is 0 Å². The first kappa shape index (κ1) is 11.7. The molecule has 0 aromatic heterocycles. The van der Waals surface area contributed by atoms with E-state index >= 15 is 0 Å². The summed E-state index contributed by atoms with van der Waals surface area (Å²) in [6.45, 7) is 0. The van der Waals surface area contributed by atoms with Crippen molar-refractivity contribution in [1.82, 2.24) is 0 Å². The first-order valence-electron chi connectivity index (χ1n) is 7.70. The predicted octanol–water partition coefficient (Wildman–Crippen LogP) is 3.89. The summed E-state index contributed by atoms with van der Waals surface area (Å²) in [7, 11) is 0. The Labute approximate surface area is 115 Å². The largest absolute Gasteiger partial charge is 0.385 e.